The fraction of sp³-hybridized carbons (Fsp3) is 0.682. The lowest BCUT2D eigenvalue weighted by atomic mass is 9.48. The zero-order valence-electron chi connectivity index (χ0n) is 15.4. The van der Waals surface area contributed by atoms with Crippen molar-refractivity contribution in [2.75, 3.05) is 13.1 Å². The Hall–Kier alpha value is -1.19. The number of fused-ring (bicyclic) bond motifs is 1. The smallest absolute Gasteiger partial charge is 0.136 e. The molecule has 3 nitrogen and oxygen atoms in total. The van der Waals surface area contributed by atoms with Crippen molar-refractivity contribution in [3.05, 3.63) is 34.9 Å². The van der Waals surface area contributed by atoms with Crippen molar-refractivity contribution in [1.82, 2.24) is 4.90 Å². The largest absolute Gasteiger partial charge is 0.387 e. The molecule has 1 N–H and O–H groups in total. The minimum atomic E-state index is -0.756. The minimum Gasteiger partial charge on any atom is -0.387 e. The highest BCUT2D eigenvalue weighted by molar-refractivity contribution is 5.84. The van der Waals surface area contributed by atoms with Crippen LogP contribution >= 0.6 is 0 Å². The predicted molar refractivity (Wildman–Crippen MR) is 97.6 cm³/mol. The van der Waals surface area contributed by atoms with Crippen LogP contribution in [-0.4, -0.2) is 40.5 Å². The van der Waals surface area contributed by atoms with Crippen LogP contribution in [0.5, 0.6) is 0 Å². The van der Waals surface area contributed by atoms with Crippen molar-refractivity contribution in [1.29, 1.82) is 0 Å². The van der Waals surface area contributed by atoms with Crippen molar-refractivity contribution in [2.45, 2.75) is 69.4 Å². The molecular weight excluding hydrogens is 310 g/mol. The third-order valence-electron chi connectivity index (χ3n) is 7.67. The summed E-state index contributed by atoms with van der Waals surface area (Å²) in [6.07, 6.45) is 5.69. The summed E-state index contributed by atoms with van der Waals surface area (Å²) >= 11 is 0. The molecule has 2 saturated carbocycles. The molecule has 3 aliphatic carbocycles. The van der Waals surface area contributed by atoms with Gasteiger partial charge in [0, 0.05) is 30.3 Å². The third kappa shape index (κ3) is 2.15. The number of piperidine rings is 1. The summed E-state index contributed by atoms with van der Waals surface area (Å²) < 4.78 is 0. The molecule has 134 valence electrons. The van der Waals surface area contributed by atoms with Crippen LogP contribution in [-0.2, 0) is 16.6 Å². The van der Waals surface area contributed by atoms with Gasteiger partial charge in [0.05, 0.1) is 5.60 Å². The minimum absolute atomic E-state index is 0.0205. The van der Waals surface area contributed by atoms with Crippen LogP contribution in [0.1, 0.15) is 55.7 Å². The van der Waals surface area contributed by atoms with Gasteiger partial charge in [-0.05, 0) is 62.6 Å². The van der Waals surface area contributed by atoms with E-state index in [0.717, 1.165) is 31.8 Å². The van der Waals surface area contributed by atoms with Crippen molar-refractivity contribution in [3.8, 4) is 0 Å². The Kier molecular flexibility index (Phi) is 3.31. The molecule has 1 aromatic carbocycles. The molecule has 0 aromatic heterocycles. The molecule has 1 aromatic rings. The third-order valence-corrected chi connectivity index (χ3v) is 7.67. The van der Waals surface area contributed by atoms with Gasteiger partial charge in [0.15, 0.2) is 0 Å². The molecule has 4 aliphatic rings. The molecule has 0 amide bonds. The summed E-state index contributed by atoms with van der Waals surface area (Å²) in [7, 11) is 0. The molecule has 1 heterocycles. The molecule has 0 unspecified atom stereocenters. The van der Waals surface area contributed by atoms with Crippen molar-refractivity contribution >= 4 is 5.78 Å². The summed E-state index contributed by atoms with van der Waals surface area (Å²) in [5.41, 5.74) is 2.76. The molecular formula is C22H29NO2. The highest BCUT2D eigenvalue weighted by Gasteiger charge is 2.65. The number of aryl methyl sites for hydroxylation is 1. The summed E-state index contributed by atoms with van der Waals surface area (Å²) in [5.74, 6) is 1.15. The first-order valence-electron chi connectivity index (χ1n) is 10.0. The van der Waals surface area contributed by atoms with Gasteiger partial charge in [-0.1, -0.05) is 30.7 Å². The van der Waals surface area contributed by atoms with Crippen LogP contribution in [0.15, 0.2) is 18.2 Å². The van der Waals surface area contributed by atoms with Crippen LogP contribution < -0.4 is 0 Å². The second-order valence-electron chi connectivity index (χ2n) is 9.32. The number of Topliss-reactive ketones (excluding diaryl/α,β-unsaturated/α-hetero) is 1. The summed E-state index contributed by atoms with van der Waals surface area (Å²) in [4.78, 5) is 15.3. The van der Waals surface area contributed by atoms with Gasteiger partial charge in [-0.3, -0.25) is 9.69 Å². The average molecular weight is 339 g/mol. The maximum Gasteiger partial charge on any atom is 0.136 e. The number of rotatable bonds is 2. The average Bonchev–Trinajstić information content (AvgIpc) is 3.36. The van der Waals surface area contributed by atoms with E-state index in [1.165, 1.54) is 29.5 Å². The number of carbonyl (C=O) groups is 1. The Morgan fingerprint density at radius 3 is 2.88 bits per heavy atom. The number of nitrogens with zero attached hydrogens (tertiary/aromatic N) is 1. The van der Waals surface area contributed by atoms with Gasteiger partial charge in [-0.15, -0.1) is 0 Å². The number of ketones is 1. The summed E-state index contributed by atoms with van der Waals surface area (Å²) in [6.45, 7) is 6.29. The number of carbonyl (C=O) groups excluding carboxylic acids is 1. The Bertz CT molecular complexity index is 740. The van der Waals surface area contributed by atoms with Gasteiger partial charge in [-0.25, -0.2) is 0 Å². The van der Waals surface area contributed by atoms with E-state index in [-0.39, 0.29) is 17.4 Å². The molecule has 5 rings (SSSR count). The quantitative estimate of drug-likeness (QED) is 0.900. The Balaban J connectivity index is 1.66. The molecule has 4 atom stereocenters. The lowest BCUT2D eigenvalue weighted by Crippen LogP contribution is -2.74. The number of likely N-dealkylation sites (tertiary alicyclic amines) is 1. The van der Waals surface area contributed by atoms with E-state index in [1.807, 2.05) is 6.92 Å². The van der Waals surface area contributed by atoms with Gasteiger partial charge >= 0.3 is 0 Å². The van der Waals surface area contributed by atoms with Gasteiger partial charge in [-0.2, -0.15) is 0 Å². The lowest BCUT2D eigenvalue weighted by molar-refractivity contribution is -0.180. The molecule has 0 radical (unpaired) electrons. The summed E-state index contributed by atoms with van der Waals surface area (Å²) in [6, 6.07) is 6.87. The van der Waals surface area contributed by atoms with E-state index in [4.69, 9.17) is 0 Å². The van der Waals surface area contributed by atoms with E-state index in [1.54, 1.807) is 0 Å². The Morgan fingerprint density at radius 1 is 1.32 bits per heavy atom. The van der Waals surface area contributed by atoms with Crippen LogP contribution in [0.3, 0.4) is 0 Å². The molecule has 25 heavy (non-hydrogen) atoms. The standard InChI is InChI=1S/C22H29NO2/c1-14-3-6-17-10-20-22(25)11-15(2)19(24)12-21(22,18(17)9-14)7-8-23(20)13-16-4-5-16/h3,6,9,15-16,20,25H,4-5,7-8,10-13H2,1-2H3/t15-,20+,21+,22+/m0/s1. The van der Waals surface area contributed by atoms with Crippen LogP contribution in [0.25, 0.3) is 0 Å². The number of aliphatic hydroxyl groups is 1. The second-order valence-corrected chi connectivity index (χ2v) is 9.32. The van der Waals surface area contributed by atoms with E-state index in [2.05, 4.69) is 30.0 Å². The second kappa shape index (κ2) is 5.17. The predicted octanol–water partition coefficient (Wildman–Crippen LogP) is 3.00. The zero-order chi connectivity index (χ0) is 17.4. The van der Waals surface area contributed by atoms with E-state index in [0.29, 0.717) is 18.6 Å². The first-order valence-corrected chi connectivity index (χ1v) is 10.0. The number of benzene rings is 1. The topological polar surface area (TPSA) is 40.5 Å². The normalized spacial score (nSPS) is 40.5. The Morgan fingerprint density at radius 2 is 2.12 bits per heavy atom. The lowest BCUT2D eigenvalue weighted by Gasteiger charge is -2.64. The van der Waals surface area contributed by atoms with Crippen molar-refractivity contribution in [2.24, 2.45) is 11.8 Å². The molecule has 1 saturated heterocycles. The maximum atomic E-state index is 12.7. The number of hydrogen-bond acceptors (Lipinski definition) is 3. The molecule has 0 spiro atoms. The first-order chi connectivity index (χ1) is 11.9. The highest BCUT2D eigenvalue weighted by atomic mass is 16.3. The maximum absolute atomic E-state index is 12.7. The van der Waals surface area contributed by atoms with E-state index in [9.17, 15) is 9.90 Å². The Labute approximate surface area is 150 Å². The van der Waals surface area contributed by atoms with Gasteiger partial charge < -0.3 is 5.11 Å². The molecule has 3 heteroatoms. The van der Waals surface area contributed by atoms with Crippen LogP contribution in [0, 0.1) is 18.8 Å². The van der Waals surface area contributed by atoms with Gasteiger partial charge in [0.25, 0.3) is 0 Å². The van der Waals surface area contributed by atoms with E-state index < -0.39 is 5.60 Å². The fourth-order valence-electron chi connectivity index (χ4n) is 6.09. The molecule has 3 fully saturated rings. The SMILES string of the molecule is Cc1ccc2c(c1)[C@]13CCN(CC4CC4)[C@H](C2)[C@]1(O)C[C@H](C)C(=O)C3. The monoisotopic (exact) mass is 339 g/mol. The number of hydrogen-bond donors (Lipinski definition) is 1. The molecule has 1 aliphatic heterocycles. The first kappa shape index (κ1) is 16.0. The molecule has 2 bridgehead atoms. The van der Waals surface area contributed by atoms with Crippen molar-refractivity contribution in [3.63, 3.8) is 0 Å². The zero-order valence-corrected chi connectivity index (χ0v) is 15.4. The fourth-order valence-corrected chi connectivity index (χ4v) is 6.09. The van der Waals surface area contributed by atoms with Crippen LogP contribution in [0.4, 0.5) is 0 Å². The van der Waals surface area contributed by atoms with Gasteiger partial charge in [0.2, 0.25) is 0 Å². The highest BCUT2D eigenvalue weighted by Crippen LogP contribution is 2.58. The van der Waals surface area contributed by atoms with E-state index >= 15 is 0 Å². The van der Waals surface area contributed by atoms with Crippen LogP contribution in [0.2, 0.25) is 0 Å². The summed E-state index contributed by atoms with van der Waals surface area (Å²) in [5, 5.41) is 12.1. The van der Waals surface area contributed by atoms with Crippen molar-refractivity contribution < 1.29 is 9.90 Å². The van der Waals surface area contributed by atoms with Gasteiger partial charge in [0.1, 0.15) is 5.78 Å².